The van der Waals surface area contributed by atoms with Crippen LogP contribution < -0.4 is 4.90 Å². The molecule has 0 unspecified atom stereocenters. The second-order valence-electron chi connectivity index (χ2n) is 26.5. The van der Waals surface area contributed by atoms with Crippen molar-refractivity contribution in [1.82, 2.24) is 0 Å². The molecule has 95 heavy (non-hydrogen) atoms. The van der Waals surface area contributed by atoms with Crippen molar-refractivity contribution < 1.29 is 13.3 Å². The lowest BCUT2D eigenvalue weighted by Crippen LogP contribution is -2.14. The van der Waals surface area contributed by atoms with Crippen LogP contribution in [0.4, 0.5) is 17.1 Å². The molecule has 23 rings (SSSR count). The Morgan fingerprint density at radius 3 is 1.67 bits per heavy atom. The zero-order valence-electron chi connectivity index (χ0n) is 51.5. The van der Waals surface area contributed by atoms with E-state index < -0.39 is 0 Å². The van der Waals surface area contributed by atoms with Gasteiger partial charge in [-0.2, -0.15) is 0 Å². The van der Waals surface area contributed by atoms with Gasteiger partial charge in [-0.05, 0) is 191 Å². The Balaban J connectivity index is 0.000000131. The number of anilines is 3. The average Bonchev–Trinajstić information content (AvgIpc) is 1.53. The Labute approximate surface area is 552 Å². The zero-order valence-corrected chi connectivity index (χ0v) is 53.1. The molecule has 6 heteroatoms. The van der Waals surface area contributed by atoms with Crippen LogP contribution in [0.1, 0.15) is 25.0 Å². The Kier molecular flexibility index (Phi) is 10.3. The molecule has 0 saturated carbocycles. The Bertz CT molecular complexity index is 6820. The number of nitrogens with zero attached hydrogens (tertiary/aromatic N) is 1. The molecule has 4 nitrogen and oxygen atoms in total. The number of hydrogen-bond donors (Lipinski definition) is 0. The van der Waals surface area contributed by atoms with E-state index in [1.807, 2.05) is 40.9 Å². The van der Waals surface area contributed by atoms with Gasteiger partial charge < -0.3 is 18.2 Å². The number of thiophene rings is 2. The van der Waals surface area contributed by atoms with E-state index >= 15 is 0 Å². The fourth-order valence-electron chi connectivity index (χ4n) is 17.0. The van der Waals surface area contributed by atoms with E-state index in [4.69, 9.17) is 13.3 Å². The van der Waals surface area contributed by atoms with Gasteiger partial charge >= 0.3 is 0 Å². The third-order valence-corrected chi connectivity index (χ3v) is 23.4. The number of hydrogen-bond acceptors (Lipinski definition) is 6. The lowest BCUT2D eigenvalue weighted by atomic mass is 9.80. The quantitative estimate of drug-likeness (QED) is 0.166. The highest BCUT2D eigenvalue weighted by atomic mass is 32.1. The van der Waals surface area contributed by atoms with Gasteiger partial charge in [0.25, 0.3) is 0 Å². The first-order chi connectivity index (χ1) is 46.8. The first-order valence-electron chi connectivity index (χ1n) is 32.6. The zero-order chi connectivity index (χ0) is 62.1. The summed E-state index contributed by atoms with van der Waals surface area (Å²) in [6.07, 6.45) is 0. The molecule has 3 aliphatic carbocycles. The normalized spacial score (nSPS) is 13.2. The van der Waals surface area contributed by atoms with E-state index in [-0.39, 0.29) is 5.41 Å². The Morgan fingerprint density at radius 1 is 0.263 bits per heavy atom. The standard InChI is InChI=1S/C52H29NO2S.C37H22OS/c1-2-9-30(10-3-1)32-11-6-13-34(27-32)53(36-21-22-39-38-15-4-5-17-41(38)54-44(39)29-36)35-14-7-12-33(28-35)37-23-26-46-52-48(37)40-16-8-18-42-49(40)50-43(55-42)24-19-31-20-25-45(56-46)51(52)47(31)50;1-37(2)26-10-5-8-22-23-9-6-12-30-33(23)36-31(39-30)18-25(24-15-16-27(37)35(32(22)26)34(24)36)19-13-14-21-20-7-3-4-11-28(20)38-29(21)17-19/h1-29H;3-18H,1-2H3. The van der Waals surface area contributed by atoms with Crippen molar-refractivity contribution in [3.8, 4) is 66.8 Å². The fraction of sp³-hybridized carbons (Fsp3) is 0.0337. The summed E-state index contributed by atoms with van der Waals surface area (Å²) in [6, 6.07) is 99.5. The molecule has 0 radical (unpaired) electrons. The molecule has 5 aromatic heterocycles. The van der Waals surface area contributed by atoms with Crippen molar-refractivity contribution in [2.45, 2.75) is 19.3 Å². The minimum atomic E-state index is -0.0359. The summed E-state index contributed by atoms with van der Waals surface area (Å²) >= 11 is 3.80. The molecule has 0 aliphatic heterocycles. The van der Waals surface area contributed by atoms with Crippen LogP contribution in [0.5, 0.6) is 0 Å². The van der Waals surface area contributed by atoms with Crippen LogP contribution in [0.3, 0.4) is 0 Å². The molecule has 5 heterocycles. The highest BCUT2D eigenvalue weighted by Crippen LogP contribution is 2.61. The van der Waals surface area contributed by atoms with E-state index in [9.17, 15) is 0 Å². The fourth-order valence-corrected chi connectivity index (χ4v) is 19.3. The van der Waals surface area contributed by atoms with Gasteiger partial charge in [0.15, 0.2) is 0 Å². The van der Waals surface area contributed by atoms with Gasteiger partial charge in [-0.3, -0.25) is 0 Å². The lowest BCUT2D eigenvalue weighted by molar-refractivity contribution is 0.661. The number of fused-ring (bicyclic) bond motifs is 8. The number of rotatable bonds is 6. The average molecular weight is 1250 g/mol. The van der Waals surface area contributed by atoms with Crippen LogP contribution in [-0.4, -0.2) is 0 Å². The summed E-state index contributed by atoms with van der Waals surface area (Å²) in [7, 11) is 0. The predicted octanol–water partition coefficient (Wildman–Crippen LogP) is 26.9. The van der Waals surface area contributed by atoms with Gasteiger partial charge in [-0.15, -0.1) is 22.7 Å². The second-order valence-corrected chi connectivity index (χ2v) is 28.6. The molecular weight excluding hydrogens is 1200 g/mol. The smallest absolute Gasteiger partial charge is 0.137 e. The molecule has 0 bridgehead atoms. The molecule has 15 aromatic carbocycles. The lowest BCUT2D eigenvalue weighted by Gasteiger charge is -2.27. The topological polar surface area (TPSA) is 42.7 Å². The third kappa shape index (κ3) is 7.09. The van der Waals surface area contributed by atoms with Crippen molar-refractivity contribution in [1.29, 1.82) is 0 Å². The van der Waals surface area contributed by atoms with Crippen molar-refractivity contribution in [2.24, 2.45) is 0 Å². The molecule has 0 amide bonds. The van der Waals surface area contributed by atoms with E-state index in [2.05, 4.69) is 274 Å². The maximum absolute atomic E-state index is 6.57. The largest absolute Gasteiger partial charge is 0.456 e. The molecule has 3 aliphatic rings. The SMILES string of the molecule is CC1(C)c2cccc3c2-c2c1ccc1c(-c4ccc5c(c4)oc4ccccc45)cc4sc5cccc-3c5c4c21.c1ccc(-c2cccc(N(c3cccc(-c4ccc5sc6ccc7ccc8oc9cccc%10c9c8c7c6c5c4-%10)c3)c3ccc4c(c3)oc3ccccc34)c2)cc1. The molecule has 442 valence electrons. The van der Waals surface area contributed by atoms with E-state index in [1.165, 1.54) is 150 Å². The predicted molar refractivity (Wildman–Crippen MR) is 402 cm³/mol. The maximum Gasteiger partial charge on any atom is 0.137 e. The molecule has 0 spiro atoms. The minimum absolute atomic E-state index is 0.0359. The molecule has 20 aromatic rings. The Morgan fingerprint density at radius 2 is 0.832 bits per heavy atom. The van der Waals surface area contributed by atoms with Gasteiger partial charge in [0.05, 0.1) is 0 Å². The molecule has 0 atom stereocenters. The van der Waals surface area contributed by atoms with Crippen LogP contribution in [-0.2, 0) is 5.41 Å². The highest BCUT2D eigenvalue weighted by molar-refractivity contribution is 7.26. The minimum Gasteiger partial charge on any atom is -0.456 e. The highest BCUT2D eigenvalue weighted by Gasteiger charge is 2.40. The summed E-state index contributed by atoms with van der Waals surface area (Å²) in [4.78, 5) is 2.36. The maximum atomic E-state index is 6.57. The molecule has 0 fully saturated rings. The summed E-state index contributed by atoms with van der Waals surface area (Å²) < 4.78 is 24.7. The van der Waals surface area contributed by atoms with Crippen LogP contribution in [0.15, 0.2) is 286 Å². The van der Waals surface area contributed by atoms with Crippen LogP contribution in [0.25, 0.3) is 194 Å². The number of furan rings is 3. The van der Waals surface area contributed by atoms with E-state index in [0.717, 1.165) is 72.5 Å². The Hall–Kier alpha value is -11.5. The number of benzene rings is 15. The first kappa shape index (κ1) is 52.0. The summed E-state index contributed by atoms with van der Waals surface area (Å²) in [5.74, 6) is 0. The van der Waals surface area contributed by atoms with Crippen LogP contribution >= 0.6 is 22.7 Å². The van der Waals surface area contributed by atoms with E-state index in [0.29, 0.717) is 0 Å². The van der Waals surface area contributed by atoms with Crippen LogP contribution in [0.2, 0.25) is 0 Å². The van der Waals surface area contributed by atoms with Gasteiger partial charge in [0.1, 0.15) is 33.5 Å². The van der Waals surface area contributed by atoms with Crippen molar-refractivity contribution in [2.75, 3.05) is 4.90 Å². The summed E-state index contributed by atoms with van der Waals surface area (Å²) in [6.45, 7) is 4.78. The van der Waals surface area contributed by atoms with Crippen molar-refractivity contribution >= 4 is 167 Å². The molecule has 0 saturated heterocycles. The third-order valence-electron chi connectivity index (χ3n) is 21.2. The van der Waals surface area contributed by atoms with Crippen LogP contribution in [0, 0.1) is 0 Å². The summed E-state index contributed by atoms with van der Waals surface area (Å²) in [5.41, 5.74) is 26.8. The monoisotopic (exact) mass is 1250 g/mol. The number of para-hydroxylation sites is 2. The van der Waals surface area contributed by atoms with E-state index in [1.54, 1.807) is 0 Å². The van der Waals surface area contributed by atoms with Gasteiger partial charge in [-0.1, -0.05) is 184 Å². The van der Waals surface area contributed by atoms with Gasteiger partial charge in [0, 0.05) is 107 Å². The first-order valence-corrected chi connectivity index (χ1v) is 34.2. The van der Waals surface area contributed by atoms with Gasteiger partial charge in [0.2, 0.25) is 0 Å². The molecular formula is C89H51NO3S2. The van der Waals surface area contributed by atoms with Gasteiger partial charge in [-0.25, -0.2) is 0 Å². The summed E-state index contributed by atoms with van der Waals surface area (Å²) in [5, 5.41) is 17.8. The van der Waals surface area contributed by atoms with Crippen molar-refractivity contribution in [3.63, 3.8) is 0 Å². The van der Waals surface area contributed by atoms with Crippen molar-refractivity contribution in [3.05, 3.63) is 284 Å². The second kappa shape index (κ2) is 18.8. The molecule has 0 N–H and O–H groups in total.